The highest BCUT2D eigenvalue weighted by Crippen LogP contribution is 1.97. The number of carbonyl (C=O) groups excluding carboxylic acids is 2. The Hall–Kier alpha value is -1.59. The first-order valence-electron chi connectivity index (χ1n) is 4.22. The van der Waals surface area contributed by atoms with E-state index in [-0.39, 0.29) is 18.9 Å². The van der Waals surface area contributed by atoms with Gasteiger partial charge in [0.05, 0.1) is 13.7 Å². The van der Waals surface area contributed by atoms with Gasteiger partial charge in [0, 0.05) is 0 Å². The molecule has 0 aromatic rings. The van der Waals surface area contributed by atoms with E-state index < -0.39 is 5.97 Å². The second kappa shape index (κ2) is 5.21. The molecular weight excluding hydrogens is 188 g/mol. The van der Waals surface area contributed by atoms with E-state index in [0.29, 0.717) is 19.0 Å². The molecule has 0 radical (unpaired) electrons. The Morgan fingerprint density at radius 2 is 2.43 bits per heavy atom. The molecule has 0 unspecified atom stereocenters. The van der Waals surface area contributed by atoms with Crippen LogP contribution < -0.4 is 5.32 Å². The minimum absolute atomic E-state index is 0.0804. The lowest BCUT2D eigenvalue weighted by Crippen LogP contribution is -2.31. The van der Waals surface area contributed by atoms with Crippen molar-refractivity contribution in [1.82, 2.24) is 5.32 Å². The fourth-order valence-electron chi connectivity index (χ4n) is 0.929. The fourth-order valence-corrected chi connectivity index (χ4v) is 0.929. The Morgan fingerprint density at radius 3 is 3.00 bits per heavy atom. The second-order valence-electron chi connectivity index (χ2n) is 2.65. The molecule has 0 aromatic carbocycles. The van der Waals surface area contributed by atoms with Crippen molar-refractivity contribution in [2.45, 2.75) is 6.42 Å². The van der Waals surface area contributed by atoms with Crippen LogP contribution in [-0.4, -0.2) is 44.6 Å². The van der Waals surface area contributed by atoms with Crippen molar-refractivity contribution in [3.8, 4) is 0 Å². The van der Waals surface area contributed by atoms with Crippen LogP contribution in [0.2, 0.25) is 0 Å². The van der Waals surface area contributed by atoms with Gasteiger partial charge in [-0.15, -0.1) is 0 Å². The van der Waals surface area contributed by atoms with E-state index in [1.165, 1.54) is 7.11 Å². The molecule has 6 nitrogen and oxygen atoms in total. The third-order valence-electron chi connectivity index (χ3n) is 1.62. The van der Waals surface area contributed by atoms with Crippen LogP contribution in [0.1, 0.15) is 6.42 Å². The lowest BCUT2D eigenvalue weighted by atomic mass is 10.4. The van der Waals surface area contributed by atoms with E-state index in [1.54, 1.807) is 0 Å². The average molecular weight is 200 g/mol. The highest BCUT2D eigenvalue weighted by atomic mass is 16.5. The smallest absolute Gasteiger partial charge is 0.325 e. The predicted octanol–water partition coefficient (Wildman–Crippen LogP) is -0.906. The number of esters is 1. The highest BCUT2D eigenvalue weighted by Gasteiger charge is 2.13. The first-order chi connectivity index (χ1) is 6.72. The summed E-state index contributed by atoms with van der Waals surface area (Å²) in [6, 6.07) is 0. The number of carbonyl (C=O) groups is 2. The third-order valence-corrected chi connectivity index (χ3v) is 1.62. The molecule has 14 heavy (non-hydrogen) atoms. The zero-order chi connectivity index (χ0) is 10.4. The Labute approximate surface area is 81.3 Å². The summed E-state index contributed by atoms with van der Waals surface area (Å²) in [4.78, 5) is 25.7. The van der Waals surface area contributed by atoms with Crippen LogP contribution in [0.3, 0.4) is 0 Å². The van der Waals surface area contributed by atoms with Crippen molar-refractivity contribution in [2.75, 3.05) is 26.8 Å². The van der Waals surface area contributed by atoms with E-state index >= 15 is 0 Å². The fraction of sp³-hybridized carbons (Fsp3) is 0.625. The molecular formula is C8H12N2O4. The Morgan fingerprint density at radius 1 is 1.64 bits per heavy atom. The number of amides is 1. The molecule has 1 heterocycles. The minimum atomic E-state index is -0.479. The zero-order valence-corrected chi connectivity index (χ0v) is 7.91. The van der Waals surface area contributed by atoms with Crippen molar-refractivity contribution in [3.63, 3.8) is 0 Å². The maximum absolute atomic E-state index is 11.1. The molecule has 1 aliphatic heterocycles. The predicted molar refractivity (Wildman–Crippen MR) is 47.9 cm³/mol. The summed E-state index contributed by atoms with van der Waals surface area (Å²) in [5.41, 5.74) is 0. The van der Waals surface area contributed by atoms with E-state index in [4.69, 9.17) is 4.74 Å². The summed E-state index contributed by atoms with van der Waals surface area (Å²) in [5, 5.41) is 2.39. The largest absolute Gasteiger partial charge is 0.479 e. The molecule has 1 aliphatic rings. The summed E-state index contributed by atoms with van der Waals surface area (Å²) in [6.45, 7) is 1.00. The van der Waals surface area contributed by atoms with Gasteiger partial charge in [0.1, 0.15) is 19.6 Å². The second-order valence-corrected chi connectivity index (χ2v) is 2.65. The summed E-state index contributed by atoms with van der Waals surface area (Å²) in [7, 11) is 1.26. The van der Waals surface area contributed by atoms with Crippen molar-refractivity contribution in [2.24, 2.45) is 4.99 Å². The molecule has 1 amide bonds. The van der Waals surface area contributed by atoms with Crippen LogP contribution in [-0.2, 0) is 19.1 Å². The van der Waals surface area contributed by atoms with Gasteiger partial charge in [-0.2, -0.15) is 0 Å². The number of aliphatic imine (C=N–C) groups is 1. The molecule has 6 heteroatoms. The monoisotopic (exact) mass is 200 g/mol. The molecule has 0 aliphatic carbocycles. The van der Waals surface area contributed by atoms with Gasteiger partial charge < -0.3 is 14.8 Å². The van der Waals surface area contributed by atoms with Gasteiger partial charge in [-0.3, -0.25) is 14.6 Å². The quantitative estimate of drug-likeness (QED) is 0.596. The Bertz CT molecular complexity index is 262. The molecule has 0 atom stereocenters. The standard InChI is InChI=1S/C8H12N2O4/c1-13-8(12)5-10-6(11)4-7-9-2-3-14-7/h2-5H2,1H3,(H,10,11). The van der Waals surface area contributed by atoms with Crippen LogP contribution in [0.5, 0.6) is 0 Å². The Balaban J connectivity index is 2.18. The molecule has 0 saturated heterocycles. The van der Waals surface area contributed by atoms with E-state index in [9.17, 15) is 9.59 Å². The molecule has 1 N–H and O–H groups in total. The van der Waals surface area contributed by atoms with Crippen LogP contribution in [0, 0.1) is 0 Å². The number of rotatable bonds is 4. The zero-order valence-electron chi connectivity index (χ0n) is 7.91. The van der Waals surface area contributed by atoms with Gasteiger partial charge in [-0.1, -0.05) is 0 Å². The minimum Gasteiger partial charge on any atom is -0.479 e. The van der Waals surface area contributed by atoms with Crippen LogP contribution in [0.15, 0.2) is 4.99 Å². The lowest BCUT2D eigenvalue weighted by Gasteiger charge is -2.03. The summed E-state index contributed by atoms with van der Waals surface area (Å²) >= 11 is 0. The average Bonchev–Trinajstić information content (AvgIpc) is 2.66. The Kier molecular flexibility index (Phi) is 3.90. The van der Waals surface area contributed by atoms with Gasteiger partial charge in [0.15, 0.2) is 5.90 Å². The van der Waals surface area contributed by atoms with Gasteiger partial charge in [0.25, 0.3) is 0 Å². The van der Waals surface area contributed by atoms with E-state index in [0.717, 1.165) is 0 Å². The maximum Gasteiger partial charge on any atom is 0.325 e. The first-order valence-corrected chi connectivity index (χ1v) is 4.22. The molecule has 1 rings (SSSR count). The molecule has 0 aromatic heterocycles. The van der Waals surface area contributed by atoms with Crippen LogP contribution >= 0.6 is 0 Å². The number of ether oxygens (including phenoxy) is 2. The van der Waals surface area contributed by atoms with Gasteiger partial charge in [-0.05, 0) is 0 Å². The highest BCUT2D eigenvalue weighted by molar-refractivity contribution is 5.98. The summed E-state index contributed by atoms with van der Waals surface area (Å²) in [6.07, 6.45) is 0.0804. The van der Waals surface area contributed by atoms with Crippen molar-refractivity contribution in [3.05, 3.63) is 0 Å². The third kappa shape index (κ3) is 3.42. The molecule has 0 fully saturated rings. The normalized spacial score (nSPS) is 14.2. The summed E-state index contributed by atoms with van der Waals surface area (Å²) < 4.78 is 9.39. The van der Waals surface area contributed by atoms with Crippen molar-refractivity contribution < 1.29 is 19.1 Å². The maximum atomic E-state index is 11.1. The van der Waals surface area contributed by atoms with Crippen LogP contribution in [0.4, 0.5) is 0 Å². The van der Waals surface area contributed by atoms with E-state index in [1.807, 2.05) is 0 Å². The number of hydrogen-bond acceptors (Lipinski definition) is 5. The molecule has 0 spiro atoms. The van der Waals surface area contributed by atoms with Gasteiger partial charge >= 0.3 is 5.97 Å². The number of nitrogens with zero attached hydrogens (tertiary/aromatic N) is 1. The molecule has 78 valence electrons. The number of hydrogen-bond donors (Lipinski definition) is 1. The van der Waals surface area contributed by atoms with Gasteiger partial charge in [0.2, 0.25) is 5.91 Å². The van der Waals surface area contributed by atoms with Crippen molar-refractivity contribution in [1.29, 1.82) is 0 Å². The van der Waals surface area contributed by atoms with Crippen molar-refractivity contribution >= 4 is 17.8 Å². The molecule has 0 saturated carbocycles. The lowest BCUT2D eigenvalue weighted by molar-refractivity contribution is -0.141. The van der Waals surface area contributed by atoms with Crippen LogP contribution in [0.25, 0.3) is 0 Å². The topological polar surface area (TPSA) is 77.0 Å². The molecule has 0 bridgehead atoms. The number of nitrogens with one attached hydrogen (secondary N) is 1. The number of methoxy groups -OCH3 is 1. The van der Waals surface area contributed by atoms with E-state index in [2.05, 4.69) is 15.0 Å². The SMILES string of the molecule is COC(=O)CNC(=O)CC1=NCCO1. The summed E-state index contributed by atoms with van der Waals surface area (Å²) in [5.74, 6) is -0.351. The van der Waals surface area contributed by atoms with Gasteiger partial charge in [-0.25, -0.2) is 0 Å². The first kappa shape index (κ1) is 10.5.